The smallest absolute Gasteiger partial charge is 0.262 e. The fourth-order valence-electron chi connectivity index (χ4n) is 10.0. The van der Waals surface area contributed by atoms with Crippen LogP contribution in [0.5, 0.6) is 5.75 Å². The summed E-state index contributed by atoms with van der Waals surface area (Å²) in [4.78, 5) is 86.5. The van der Waals surface area contributed by atoms with Crippen molar-refractivity contribution >= 4 is 117 Å². The molecular weight excluding hydrogens is 1090 g/mol. The Bertz CT molecular complexity index is 4210. The van der Waals surface area contributed by atoms with Gasteiger partial charge in [0.05, 0.1) is 22.8 Å². The number of nitrogens with one attached hydrogen (secondary N) is 7. The van der Waals surface area contributed by atoms with E-state index in [0.29, 0.717) is 129 Å². The lowest BCUT2D eigenvalue weighted by Gasteiger charge is -2.20. The van der Waals surface area contributed by atoms with Gasteiger partial charge in [0, 0.05) is 129 Å². The van der Waals surface area contributed by atoms with Gasteiger partial charge in [-0.1, -0.05) is 141 Å². The number of benzene rings is 5. The van der Waals surface area contributed by atoms with Gasteiger partial charge >= 0.3 is 0 Å². The molecule has 10 rings (SSSR count). The molecule has 2 aliphatic heterocycles. The fourth-order valence-corrected chi connectivity index (χ4v) is 10.3. The van der Waals surface area contributed by atoms with Gasteiger partial charge in [0.25, 0.3) is 5.91 Å². The van der Waals surface area contributed by atoms with Gasteiger partial charge in [0.15, 0.2) is 6.61 Å². The second-order valence-electron chi connectivity index (χ2n) is 24.3. The highest BCUT2D eigenvalue weighted by Gasteiger charge is 2.28. The van der Waals surface area contributed by atoms with Crippen LogP contribution in [0.4, 0.5) is 28.4 Å². The Balaban J connectivity index is 1.28. The number of rotatable bonds is 13. The molecule has 0 unspecified atom stereocenters. The van der Waals surface area contributed by atoms with E-state index in [-0.39, 0.29) is 36.0 Å². The van der Waals surface area contributed by atoms with Gasteiger partial charge in [-0.2, -0.15) is 12.6 Å². The molecule has 0 spiro atoms. The van der Waals surface area contributed by atoms with E-state index in [1.807, 2.05) is 208 Å². The molecule has 5 aromatic carbocycles. The zero-order valence-electron chi connectivity index (χ0n) is 49.8. The summed E-state index contributed by atoms with van der Waals surface area (Å²) in [7, 11) is 0. The largest absolute Gasteiger partial charge is 0.483 e. The standard InChI is InChI=1S/C70H69N9O6S/c1-40(80)71-50-28-19-29-59(45(50)39-86)85-38-60(81)76-46-24-15-11-20-41(46)61-51-30-32-53(72-51)62(42-21-12-16-25-47(42)77-65(82)68(2,3)4)55-34-36-57(74-55)64(44-23-14-18-27-49(44)79-67(84)70(8,9)10)58-37-35-56(75-58)63(54-33-31-52(61)73-54)43-22-13-17-26-48(43)78-66(83)69(5,6)7/h11-37,72,75,86H,38-39H2,1-10H3,(H,71,80)(H,76,81)(H,77,82)(H,78,83)(H,79,84). The van der Waals surface area contributed by atoms with Crippen molar-refractivity contribution in [3.63, 3.8) is 0 Å². The first kappa shape index (κ1) is 59.4. The van der Waals surface area contributed by atoms with Crippen LogP contribution in [-0.2, 0) is 29.7 Å². The lowest BCUT2D eigenvalue weighted by atomic mass is 9.94. The van der Waals surface area contributed by atoms with Gasteiger partial charge in [-0.3, -0.25) is 24.0 Å². The third kappa shape index (κ3) is 12.7. The maximum atomic E-state index is 14.2. The van der Waals surface area contributed by atoms with E-state index in [1.54, 1.807) is 18.2 Å². The Labute approximate surface area is 505 Å². The average molecular weight is 1160 g/mol. The second-order valence-corrected chi connectivity index (χ2v) is 24.6. The first-order valence-corrected chi connectivity index (χ1v) is 29.0. The Hall–Kier alpha value is -9.80. The van der Waals surface area contributed by atoms with Gasteiger partial charge in [-0.05, 0) is 85.0 Å². The van der Waals surface area contributed by atoms with Crippen LogP contribution in [0.3, 0.4) is 0 Å². The van der Waals surface area contributed by atoms with Crippen molar-refractivity contribution in [3.05, 3.63) is 168 Å². The number of ether oxygens (including phenoxy) is 1. The Kier molecular flexibility index (Phi) is 16.6. The molecule has 0 saturated carbocycles. The zero-order valence-corrected chi connectivity index (χ0v) is 50.7. The van der Waals surface area contributed by atoms with E-state index < -0.39 is 22.2 Å². The van der Waals surface area contributed by atoms with Crippen LogP contribution in [0.25, 0.3) is 90.9 Å². The molecule has 436 valence electrons. The lowest BCUT2D eigenvalue weighted by Crippen LogP contribution is -2.27. The summed E-state index contributed by atoms with van der Waals surface area (Å²) in [5.74, 6) is -0.581. The third-order valence-electron chi connectivity index (χ3n) is 14.6. The maximum absolute atomic E-state index is 14.2. The van der Waals surface area contributed by atoms with Crippen LogP contribution in [0.1, 0.15) is 97.6 Å². The molecule has 7 N–H and O–H groups in total. The van der Waals surface area contributed by atoms with E-state index in [0.717, 1.165) is 0 Å². The molecule has 0 radical (unpaired) electrons. The number of H-pyrrole nitrogens is 2. The number of anilines is 5. The molecule has 5 heterocycles. The molecule has 5 amide bonds. The number of hydrogen-bond acceptors (Lipinski definition) is 9. The van der Waals surface area contributed by atoms with Crippen LogP contribution in [-0.4, -0.2) is 56.1 Å². The number of thiol groups is 1. The molecule has 8 aromatic rings. The van der Waals surface area contributed by atoms with E-state index in [1.165, 1.54) is 6.92 Å². The van der Waals surface area contributed by atoms with Gasteiger partial charge < -0.3 is 41.3 Å². The number of fused-ring (bicyclic) bond motifs is 8. The number of amides is 5. The summed E-state index contributed by atoms with van der Waals surface area (Å²) < 4.78 is 6.13. The summed E-state index contributed by atoms with van der Waals surface area (Å²) in [5.41, 5.74) is 11.4. The summed E-state index contributed by atoms with van der Waals surface area (Å²) in [6.45, 7) is 17.8. The van der Waals surface area contributed by atoms with Crippen molar-refractivity contribution in [2.75, 3.05) is 33.2 Å². The molecule has 3 aromatic heterocycles. The van der Waals surface area contributed by atoms with Crippen molar-refractivity contribution in [1.82, 2.24) is 19.9 Å². The second kappa shape index (κ2) is 24.1. The molecule has 8 bridgehead atoms. The molecule has 0 atom stereocenters. The van der Waals surface area contributed by atoms with Crippen LogP contribution >= 0.6 is 12.6 Å². The van der Waals surface area contributed by atoms with Crippen molar-refractivity contribution in [3.8, 4) is 50.3 Å². The van der Waals surface area contributed by atoms with Crippen molar-refractivity contribution in [2.24, 2.45) is 16.2 Å². The third-order valence-corrected chi connectivity index (χ3v) is 14.9. The fraction of sp³-hybridized carbons (Fsp3) is 0.214. The van der Waals surface area contributed by atoms with Crippen LogP contribution in [0, 0.1) is 16.2 Å². The number of nitrogens with zero attached hydrogens (tertiary/aromatic N) is 2. The molecule has 15 nitrogen and oxygen atoms in total. The summed E-state index contributed by atoms with van der Waals surface area (Å²) >= 11 is 4.51. The molecule has 86 heavy (non-hydrogen) atoms. The van der Waals surface area contributed by atoms with Gasteiger partial charge in [-0.25, -0.2) is 9.97 Å². The summed E-state index contributed by atoms with van der Waals surface area (Å²) in [6, 6.07) is 43.5. The number of para-hydroxylation sites is 4. The molecule has 2 aliphatic rings. The Morgan fingerprint density at radius 1 is 0.419 bits per heavy atom. The minimum Gasteiger partial charge on any atom is -0.483 e. The van der Waals surface area contributed by atoms with Crippen molar-refractivity contribution in [1.29, 1.82) is 0 Å². The number of carbonyl (C=O) groups is 5. The minimum atomic E-state index is -0.726. The number of aromatic amines is 2. The zero-order chi connectivity index (χ0) is 61.2. The summed E-state index contributed by atoms with van der Waals surface area (Å²) in [5, 5.41) is 15.6. The van der Waals surface area contributed by atoms with Gasteiger partial charge in [-0.15, -0.1) is 0 Å². The first-order valence-electron chi connectivity index (χ1n) is 28.4. The Morgan fingerprint density at radius 3 is 1.05 bits per heavy atom. The number of hydrogen-bond donors (Lipinski definition) is 8. The predicted octanol–water partition coefficient (Wildman–Crippen LogP) is 15.7. The number of aromatic nitrogens is 4. The highest BCUT2D eigenvalue weighted by atomic mass is 32.1. The number of carbonyl (C=O) groups excluding carboxylic acids is 5. The van der Waals surface area contributed by atoms with Crippen LogP contribution in [0.15, 0.2) is 140 Å². The lowest BCUT2D eigenvalue weighted by molar-refractivity contribution is -0.123. The average Bonchev–Trinajstić information content (AvgIpc) is 2.36. The highest BCUT2D eigenvalue weighted by molar-refractivity contribution is 7.79. The summed E-state index contributed by atoms with van der Waals surface area (Å²) in [6.07, 6.45) is 7.79. The van der Waals surface area contributed by atoms with Gasteiger partial charge in [0.2, 0.25) is 23.6 Å². The molecule has 0 saturated heterocycles. The molecular formula is C70H69N9O6S. The molecule has 0 aliphatic carbocycles. The van der Waals surface area contributed by atoms with Crippen molar-refractivity contribution in [2.45, 2.75) is 75.0 Å². The van der Waals surface area contributed by atoms with E-state index in [4.69, 9.17) is 14.7 Å². The van der Waals surface area contributed by atoms with Crippen LogP contribution < -0.4 is 31.3 Å². The predicted molar refractivity (Wildman–Crippen MR) is 352 cm³/mol. The quantitative estimate of drug-likeness (QED) is 0.0519. The SMILES string of the molecule is CC(=O)Nc1cccc(OCC(=O)Nc2ccccc2-c2c3nc(c(-c4ccccc4NC(=O)C(C)(C)C)c4ccc([nH]4)c(-c4ccccc4NC(=O)C(C)(C)C)c4nc(c(-c5ccccc5NC(=O)C(C)(C)C)c5ccc2[nH]5)C=C4)C=C3)c1CS. The Morgan fingerprint density at radius 2 is 0.733 bits per heavy atom. The molecule has 0 fully saturated rings. The van der Waals surface area contributed by atoms with Crippen molar-refractivity contribution < 1.29 is 28.7 Å². The normalized spacial score (nSPS) is 12.1. The van der Waals surface area contributed by atoms with Crippen LogP contribution in [0.2, 0.25) is 0 Å². The minimum absolute atomic E-state index is 0.169. The van der Waals surface area contributed by atoms with E-state index in [2.05, 4.69) is 49.2 Å². The first-order chi connectivity index (χ1) is 41.0. The molecule has 16 heteroatoms. The van der Waals surface area contributed by atoms with E-state index >= 15 is 0 Å². The topological polar surface area (TPSA) is 212 Å². The van der Waals surface area contributed by atoms with E-state index in [9.17, 15) is 24.0 Å². The maximum Gasteiger partial charge on any atom is 0.262 e. The highest BCUT2D eigenvalue weighted by Crippen LogP contribution is 2.44. The monoisotopic (exact) mass is 1160 g/mol. The van der Waals surface area contributed by atoms with Gasteiger partial charge in [0.1, 0.15) is 5.75 Å².